The zero-order valence-corrected chi connectivity index (χ0v) is 8.16. The van der Waals surface area contributed by atoms with E-state index in [0.29, 0.717) is 0 Å². The van der Waals surface area contributed by atoms with Crippen molar-refractivity contribution < 1.29 is 21.7 Å². The van der Waals surface area contributed by atoms with Crippen molar-refractivity contribution in [3.8, 4) is 0 Å². The molecule has 1 atom stereocenters. The van der Waals surface area contributed by atoms with Gasteiger partial charge in [-0.05, 0) is 6.92 Å². The van der Waals surface area contributed by atoms with E-state index in [1.165, 1.54) is 0 Å². The third-order valence-corrected chi connectivity index (χ3v) is 1.57. The number of hydrogen-bond donors (Lipinski definition) is 0. The average molecular weight is 188 g/mol. The Hall–Kier alpha value is -0.600. The maximum atomic E-state index is 5.39. The molecule has 68 valence electrons. The maximum Gasteiger partial charge on any atom is 0.259 e. The van der Waals surface area contributed by atoms with E-state index in [2.05, 4.69) is 0 Å². The van der Waals surface area contributed by atoms with Crippen LogP contribution < -0.4 is 17.0 Å². The lowest BCUT2D eigenvalue weighted by Crippen LogP contribution is -3.00. The van der Waals surface area contributed by atoms with E-state index in [-0.39, 0.29) is 18.6 Å². The molecular formula is C9H14ClNO. The topological polar surface area (TPSA) is 13.1 Å². The summed E-state index contributed by atoms with van der Waals surface area (Å²) >= 11 is 0. The van der Waals surface area contributed by atoms with Gasteiger partial charge in [-0.15, -0.1) is 0 Å². The average Bonchev–Trinajstić information content (AvgIpc) is 2.07. The van der Waals surface area contributed by atoms with E-state index in [1.807, 2.05) is 49.0 Å². The largest absolute Gasteiger partial charge is 1.00 e. The summed E-state index contributed by atoms with van der Waals surface area (Å²) in [6.07, 6.45) is 4.14. The van der Waals surface area contributed by atoms with Gasteiger partial charge in [0.25, 0.3) is 6.23 Å². The highest BCUT2D eigenvalue weighted by atomic mass is 35.5. The number of nitrogens with zero attached hydrogens (tertiary/aromatic N) is 1. The Balaban J connectivity index is 0.00000121. The number of rotatable bonds is 3. The van der Waals surface area contributed by atoms with Crippen molar-refractivity contribution in [1.29, 1.82) is 0 Å². The fraction of sp³-hybridized carbons (Fsp3) is 0.444. The minimum atomic E-state index is 0. The summed E-state index contributed by atoms with van der Waals surface area (Å²) < 4.78 is 7.42. The van der Waals surface area contributed by atoms with Gasteiger partial charge in [-0.3, -0.25) is 0 Å². The predicted octanol–water partition coefficient (Wildman–Crippen LogP) is -1.47. The third kappa shape index (κ3) is 3.20. The smallest absolute Gasteiger partial charge is 0.259 e. The molecule has 1 aromatic rings. The molecule has 0 spiro atoms. The van der Waals surface area contributed by atoms with E-state index >= 15 is 0 Å². The van der Waals surface area contributed by atoms with Crippen molar-refractivity contribution in [3.63, 3.8) is 0 Å². The molecule has 1 rings (SSSR count). The van der Waals surface area contributed by atoms with Crippen LogP contribution in [0.4, 0.5) is 0 Å². The molecule has 0 amide bonds. The van der Waals surface area contributed by atoms with Gasteiger partial charge in [-0.1, -0.05) is 6.07 Å². The SMILES string of the molecule is CCOC(C)[n+]1ccccc1.[Cl-]. The molecule has 2 nitrogen and oxygen atoms in total. The normalized spacial score (nSPS) is 11.8. The van der Waals surface area contributed by atoms with Crippen LogP contribution in [0.3, 0.4) is 0 Å². The van der Waals surface area contributed by atoms with Crippen LogP contribution in [0.25, 0.3) is 0 Å². The molecule has 0 saturated carbocycles. The fourth-order valence-electron chi connectivity index (χ4n) is 0.982. The molecule has 1 heterocycles. The molecule has 0 aromatic carbocycles. The van der Waals surface area contributed by atoms with Gasteiger partial charge in [0.2, 0.25) is 0 Å². The van der Waals surface area contributed by atoms with Crippen LogP contribution in [0.2, 0.25) is 0 Å². The molecule has 0 fully saturated rings. The van der Waals surface area contributed by atoms with Crippen LogP contribution in [-0.2, 0) is 4.74 Å². The zero-order valence-electron chi connectivity index (χ0n) is 7.40. The quantitative estimate of drug-likeness (QED) is 0.527. The first-order chi connectivity index (χ1) is 5.34. The molecule has 0 aliphatic rings. The molecule has 0 radical (unpaired) electrons. The van der Waals surface area contributed by atoms with Crippen LogP contribution in [0.5, 0.6) is 0 Å². The minimum absolute atomic E-state index is 0. The maximum absolute atomic E-state index is 5.39. The summed E-state index contributed by atoms with van der Waals surface area (Å²) in [7, 11) is 0. The van der Waals surface area contributed by atoms with Gasteiger partial charge >= 0.3 is 0 Å². The van der Waals surface area contributed by atoms with Gasteiger partial charge < -0.3 is 17.1 Å². The van der Waals surface area contributed by atoms with Crippen molar-refractivity contribution in [1.82, 2.24) is 0 Å². The Morgan fingerprint density at radius 2 is 1.83 bits per heavy atom. The Morgan fingerprint density at radius 3 is 2.33 bits per heavy atom. The van der Waals surface area contributed by atoms with Crippen LogP contribution in [0.1, 0.15) is 20.1 Å². The number of pyridine rings is 1. The second kappa shape index (κ2) is 5.98. The summed E-state index contributed by atoms with van der Waals surface area (Å²) in [4.78, 5) is 0. The first kappa shape index (κ1) is 11.4. The second-order valence-electron chi connectivity index (χ2n) is 2.38. The summed E-state index contributed by atoms with van der Waals surface area (Å²) in [5, 5.41) is 0. The van der Waals surface area contributed by atoms with Crippen LogP contribution in [0, 0.1) is 0 Å². The van der Waals surface area contributed by atoms with Crippen molar-refractivity contribution in [3.05, 3.63) is 30.6 Å². The highest BCUT2D eigenvalue weighted by molar-refractivity contribution is 4.83. The molecule has 1 aromatic heterocycles. The number of ether oxygens (including phenoxy) is 1. The number of hydrogen-bond acceptors (Lipinski definition) is 1. The van der Waals surface area contributed by atoms with E-state index in [0.717, 1.165) is 6.61 Å². The Kier molecular flexibility index (Phi) is 5.68. The van der Waals surface area contributed by atoms with Crippen LogP contribution in [-0.4, -0.2) is 6.61 Å². The monoisotopic (exact) mass is 187 g/mol. The summed E-state index contributed by atoms with van der Waals surface area (Å²) in [5.41, 5.74) is 0. The molecule has 3 heteroatoms. The lowest BCUT2D eigenvalue weighted by Gasteiger charge is -2.04. The Bertz CT molecular complexity index is 203. The lowest BCUT2D eigenvalue weighted by molar-refractivity contribution is -0.758. The van der Waals surface area contributed by atoms with Crippen LogP contribution in [0.15, 0.2) is 30.6 Å². The molecular weight excluding hydrogens is 174 g/mol. The Morgan fingerprint density at radius 1 is 1.25 bits per heavy atom. The summed E-state index contributed by atoms with van der Waals surface area (Å²) in [5.74, 6) is 0. The summed E-state index contributed by atoms with van der Waals surface area (Å²) in [6, 6.07) is 5.99. The summed E-state index contributed by atoms with van der Waals surface area (Å²) in [6.45, 7) is 4.78. The number of halogens is 1. The highest BCUT2D eigenvalue weighted by Crippen LogP contribution is 1.94. The van der Waals surface area contributed by atoms with Crippen molar-refractivity contribution >= 4 is 0 Å². The van der Waals surface area contributed by atoms with Crippen LogP contribution >= 0.6 is 0 Å². The Labute approximate surface area is 79.6 Å². The van der Waals surface area contributed by atoms with Gasteiger partial charge in [0.15, 0.2) is 12.4 Å². The molecule has 12 heavy (non-hydrogen) atoms. The van der Waals surface area contributed by atoms with E-state index < -0.39 is 0 Å². The van der Waals surface area contributed by atoms with Gasteiger partial charge in [0, 0.05) is 19.1 Å². The highest BCUT2D eigenvalue weighted by Gasteiger charge is 2.08. The van der Waals surface area contributed by atoms with Gasteiger partial charge in [0.1, 0.15) is 0 Å². The predicted molar refractivity (Wildman–Crippen MR) is 43.0 cm³/mol. The van der Waals surface area contributed by atoms with Gasteiger partial charge in [-0.2, -0.15) is 4.57 Å². The van der Waals surface area contributed by atoms with Crippen molar-refractivity contribution in [2.24, 2.45) is 0 Å². The van der Waals surface area contributed by atoms with E-state index in [4.69, 9.17) is 4.74 Å². The molecule has 0 aliphatic heterocycles. The molecule has 1 unspecified atom stereocenters. The third-order valence-electron chi connectivity index (χ3n) is 1.57. The fourth-order valence-corrected chi connectivity index (χ4v) is 0.982. The van der Waals surface area contributed by atoms with Gasteiger partial charge in [0.05, 0.1) is 6.61 Å². The van der Waals surface area contributed by atoms with Crippen molar-refractivity contribution in [2.45, 2.75) is 20.1 Å². The first-order valence-corrected chi connectivity index (χ1v) is 3.92. The standard InChI is InChI=1S/C9H14NO.ClH/c1-3-11-9(2)10-7-5-4-6-8-10;/h4-9H,3H2,1-2H3;1H/q+1;/p-1. The van der Waals surface area contributed by atoms with E-state index in [1.54, 1.807) is 0 Å². The number of aromatic nitrogens is 1. The molecule has 0 bridgehead atoms. The van der Waals surface area contributed by atoms with E-state index in [9.17, 15) is 0 Å². The minimum Gasteiger partial charge on any atom is -1.00 e. The van der Waals surface area contributed by atoms with Crippen molar-refractivity contribution in [2.75, 3.05) is 6.61 Å². The molecule has 0 aliphatic carbocycles. The second-order valence-corrected chi connectivity index (χ2v) is 2.38. The molecule has 0 N–H and O–H groups in total. The first-order valence-electron chi connectivity index (χ1n) is 3.92. The van der Waals surface area contributed by atoms with Gasteiger partial charge in [-0.25, -0.2) is 0 Å². The lowest BCUT2D eigenvalue weighted by atomic mass is 10.4. The zero-order chi connectivity index (χ0) is 8.10. The molecule has 0 saturated heterocycles.